The lowest BCUT2D eigenvalue weighted by Crippen LogP contribution is -2.18. The van der Waals surface area contributed by atoms with Crippen molar-refractivity contribution >= 4 is 38.8 Å². The number of nitrogen functional groups attached to an aromatic ring is 1. The monoisotopic (exact) mass is 422 g/mol. The molecule has 10 nitrogen and oxygen atoms in total. The van der Waals surface area contributed by atoms with Gasteiger partial charge in [-0.05, 0) is 31.0 Å². The summed E-state index contributed by atoms with van der Waals surface area (Å²) in [6, 6.07) is 3.80. The largest absolute Gasteiger partial charge is 0.454 e. The number of nitrogens with zero attached hydrogens (tertiary/aromatic N) is 4. The van der Waals surface area contributed by atoms with Gasteiger partial charge in [0.15, 0.2) is 33.6 Å². The number of hydrogen-bond donors (Lipinski definition) is 2. The predicted octanol–water partition coefficient (Wildman–Crippen LogP) is 1.28. The Bertz CT molecular complexity index is 1160. The molecule has 0 radical (unpaired) electrons. The molecule has 3 aromatic rings. The highest BCUT2D eigenvalue weighted by molar-refractivity contribution is 7.99. The van der Waals surface area contributed by atoms with Crippen LogP contribution in [0, 0.1) is 6.92 Å². The van der Waals surface area contributed by atoms with Crippen LogP contribution in [-0.2, 0) is 16.6 Å². The molecular formula is C16H18N6O4S2. The average Bonchev–Trinajstić information content (AvgIpc) is 3.20. The number of ether oxygens (including phenoxy) is 2. The van der Waals surface area contributed by atoms with Crippen molar-refractivity contribution in [2.45, 2.75) is 29.9 Å². The van der Waals surface area contributed by atoms with Crippen LogP contribution >= 0.6 is 11.8 Å². The molecule has 12 heteroatoms. The van der Waals surface area contributed by atoms with Crippen molar-refractivity contribution in [1.29, 1.82) is 0 Å². The number of hydrogen-bond acceptors (Lipinski definition) is 9. The normalized spacial score (nSPS) is 13.4. The van der Waals surface area contributed by atoms with E-state index in [9.17, 15) is 8.42 Å². The van der Waals surface area contributed by atoms with Crippen LogP contribution in [0.5, 0.6) is 11.5 Å². The van der Waals surface area contributed by atoms with Crippen molar-refractivity contribution in [2.75, 3.05) is 18.3 Å². The summed E-state index contributed by atoms with van der Waals surface area (Å²) in [5, 5.41) is 5.74. The minimum absolute atomic E-state index is 0.138. The van der Waals surface area contributed by atoms with Crippen LogP contribution in [-0.4, -0.2) is 40.5 Å². The Kier molecular flexibility index (Phi) is 4.77. The van der Waals surface area contributed by atoms with Gasteiger partial charge in [-0.2, -0.15) is 0 Å². The van der Waals surface area contributed by atoms with Gasteiger partial charge in [-0.3, -0.25) is 0 Å². The molecule has 0 saturated heterocycles. The quantitative estimate of drug-likeness (QED) is 0.599. The van der Waals surface area contributed by atoms with Gasteiger partial charge in [0.05, 0.1) is 5.75 Å². The average molecular weight is 422 g/mol. The van der Waals surface area contributed by atoms with Gasteiger partial charge in [0.1, 0.15) is 6.33 Å². The Hall–Kier alpha value is -2.57. The SMILES string of the molecule is Cc1cc2c(cc1Sc1nc3c(N)ncnc3n1CCCS(N)(=O)=O)OCO2. The molecule has 1 aliphatic rings. The van der Waals surface area contributed by atoms with E-state index >= 15 is 0 Å². The number of primary sulfonamides is 1. The van der Waals surface area contributed by atoms with Gasteiger partial charge in [0.2, 0.25) is 16.8 Å². The smallest absolute Gasteiger partial charge is 0.231 e. The summed E-state index contributed by atoms with van der Waals surface area (Å²) in [6.45, 7) is 2.53. The molecule has 4 N–H and O–H groups in total. The van der Waals surface area contributed by atoms with Crippen molar-refractivity contribution in [3.8, 4) is 11.5 Å². The first-order chi connectivity index (χ1) is 13.3. The summed E-state index contributed by atoms with van der Waals surface area (Å²) in [7, 11) is -3.55. The molecule has 0 bridgehead atoms. The van der Waals surface area contributed by atoms with E-state index in [4.69, 9.17) is 20.3 Å². The first-order valence-electron chi connectivity index (χ1n) is 8.37. The zero-order valence-corrected chi connectivity index (χ0v) is 16.6. The number of aryl methyl sites for hydroxylation is 2. The van der Waals surface area contributed by atoms with Gasteiger partial charge in [-0.1, -0.05) is 11.8 Å². The third-order valence-electron chi connectivity index (χ3n) is 4.21. The Morgan fingerprint density at radius 3 is 2.75 bits per heavy atom. The highest BCUT2D eigenvalue weighted by atomic mass is 32.2. The molecule has 4 rings (SSSR count). The molecule has 148 valence electrons. The van der Waals surface area contributed by atoms with Crippen molar-refractivity contribution in [1.82, 2.24) is 19.5 Å². The molecule has 28 heavy (non-hydrogen) atoms. The van der Waals surface area contributed by atoms with Crippen LogP contribution in [0.4, 0.5) is 5.82 Å². The molecule has 2 aromatic heterocycles. The van der Waals surface area contributed by atoms with Gasteiger partial charge >= 0.3 is 0 Å². The second-order valence-electron chi connectivity index (χ2n) is 6.27. The Morgan fingerprint density at radius 2 is 2.00 bits per heavy atom. The van der Waals surface area contributed by atoms with Crippen LogP contribution in [0.3, 0.4) is 0 Å². The molecule has 1 aliphatic heterocycles. The highest BCUT2D eigenvalue weighted by Gasteiger charge is 2.20. The van der Waals surface area contributed by atoms with Gasteiger partial charge < -0.3 is 19.8 Å². The number of aromatic nitrogens is 4. The second kappa shape index (κ2) is 7.11. The molecule has 0 spiro atoms. The van der Waals surface area contributed by atoms with Gasteiger partial charge in [0, 0.05) is 11.4 Å². The van der Waals surface area contributed by atoms with E-state index in [1.165, 1.54) is 18.1 Å². The predicted molar refractivity (Wildman–Crippen MR) is 104 cm³/mol. The van der Waals surface area contributed by atoms with Crippen molar-refractivity contribution in [2.24, 2.45) is 5.14 Å². The fourth-order valence-electron chi connectivity index (χ4n) is 2.87. The minimum Gasteiger partial charge on any atom is -0.454 e. The first kappa shape index (κ1) is 18.8. The number of anilines is 1. The van der Waals surface area contributed by atoms with Gasteiger partial charge in [0.25, 0.3) is 0 Å². The maximum absolute atomic E-state index is 11.3. The molecule has 0 saturated carbocycles. The molecule has 3 heterocycles. The zero-order chi connectivity index (χ0) is 19.9. The van der Waals surface area contributed by atoms with Crippen molar-refractivity contribution < 1.29 is 17.9 Å². The third-order valence-corrected chi connectivity index (χ3v) is 6.22. The summed E-state index contributed by atoms with van der Waals surface area (Å²) >= 11 is 1.41. The van der Waals surface area contributed by atoms with Crippen molar-refractivity contribution in [3.63, 3.8) is 0 Å². The van der Waals surface area contributed by atoms with E-state index in [1.807, 2.05) is 23.6 Å². The number of benzene rings is 1. The lowest BCUT2D eigenvalue weighted by Gasteiger charge is -2.10. The van der Waals surface area contributed by atoms with Gasteiger partial charge in [-0.15, -0.1) is 0 Å². The fourth-order valence-corrected chi connectivity index (χ4v) is 4.41. The summed E-state index contributed by atoms with van der Waals surface area (Å²) in [6.07, 6.45) is 1.68. The van der Waals surface area contributed by atoms with Crippen LogP contribution in [0.15, 0.2) is 28.5 Å². The molecule has 0 unspecified atom stereocenters. The summed E-state index contributed by atoms with van der Waals surface area (Å²) in [5.74, 6) is 1.50. The molecule has 0 atom stereocenters. The van der Waals surface area contributed by atoms with Crippen LogP contribution in [0.1, 0.15) is 12.0 Å². The summed E-state index contributed by atoms with van der Waals surface area (Å²) < 4.78 is 35.2. The molecule has 0 fully saturated rings. The molecule has 1 aromatic carbocycles. The highest BCUT2D eigenvalue weighted by Crippen LogP contribution is 2.40. The van der Waals surface area contributed by atoms with Crippen LogP contribution in [0.25, 0.3) is 11.2 Å². The Labute approximate surface area is 165 Å². The Balaban J connectivity index is 1.71. The lowest BCUT2D eigenvalue weighted by atomic mass is 10.2. The van der Waals surface area contributed by atoms with Crippen LogP contribution < -0.4 is 20.3 Å². The fraction of sp³-hybridized carbons (Fsp3) is 0.312. The van der Waals surface area contributed by atoms with Crippen LogP contribution in [0.2, 0.25) is 0 Å². The van der Waals surface area contributed by atoms with E-state index < -0.39 is 10.0 Å². The minimum atomic E-state index is -3.55. The summed E-state index contributed by atoms with van der Waals surface area (Å²) in [4.78, 5) is 13.8. The zero-order valence-electron chi connectivity index (χ0n) is 15.0. The number of nitrogens with two attached hydrogens (primary N) is 2. The van der Waals surface area contributed by atoms with E-state index in [0.29, 0.717) is 40.8 Å². The first-order valence-corrected chi connectivity index (χ1v) is 10.9. The van der Waals surface area contributed by atoms with Gasteiger partial charge in [-0.25, -0.2) is 28.5 Å². The lowest BCUT2D eigenvalue weighted by molar-refractivity contribution is 0.174. The molecule has 0 amide bonds. The van der Waals surface area contributed by atoms with E-state index in [1.54, 1.807) is 0 Å². The summed E-state index contributed by atoms with van der Waals surface area (Å²) in [5.41, 5.74) is 7.96. The van der Waals surface area contributed by atoms with E-state index in [0.717, 1.165) is 10.5 Å². The molecule has 0 aliphatic carbocycles. The number of rotatable bonds is 6. The number of sulfonamides is 1. The maximum atomic E-state index is 11.3. The number of imidazole rings is 1. The number of fused-ring (bicyclic) bond motifs is 2. The molecular weight excluding hydrogens is 404 g/mol. The van der Waals surface area contributed by atoms with E-state index in [2.05, 4.69) is 15.0 Å². The maximum Gasteiger partial charge on any atom is 0.231 e. The topological polar surface area (TPSA) is 148 Å². The van der Waals surface area contributed by atoms with E-state index in [-0.39, 0.29) is 18.4 Å². The standard InChI is InChI=1S/C16H18N6O4S2/c1-9-5-10-11(26-8-25-10)6-12(9)27-16-21-13-14(17)19-7-20-15(13)22(16)3-2-4-28(18,23)24/h5-7H,2-4,8H2,1H3,(H2,17,19,20)(H2,18,23,24). The van der Waals surface area contributed by atoms with Crippen molar-refractivity contribution in [3.05, 3.63) is 24.0 Å². The second-order valence-corrected chi connectivity index (χ2v) is 9.01. The Morgan fingerprint density at radius 1 is 1.25 bits per heavy atom. The third kappa shape index (κ3) is 3.70.